The number of nitrogens with zero attached hydrogens (tertiary/aromatic N) is 2. The summed E-state index contributed by atoms with van der Waals surface area (Å²) >= 11 is 0. The summed E-state index contributed by atoms with van der Waals surface area (Å²) in [7, 11) is 0. The van der Waals surface area contributed by atoms with Gasteiger partial charge in [0.05, 0.1) is 11.3 Å². The zero-order chi connectivity index (χ0) is 19.7. The van der Waals surface area contributed by atoms with Gasteiger partial charge in [-0.3, -0.25) is 9.79 Å². The molecule has 2 aromatic carbocycles. The van der Waals surface area contributed by atoms with E-state index in [1.165, 1.54) is 25.3 Å². The van der Waals surface area contributed by atoms with Crippen LogP contribution in [0.4, 0.5) is 15.8 Å². The van der Waals surface area contributed by atoms with Crippen LogP contribution in [0.3, 0.4) is 0 Å². The molecule has 0 radical (unpaired) electrons. The number of carbonyl (C=O) groups excluding carboxylic acids is 1. The number of amides is 1. The number of anilines is 1. The monoisotopic (exact) mass is 380 g/mol. The number of aromatic amines is 1. The van der Waals surface area contributed by atoms with Gasteiger partial charge in [0.15, 0.2) is 5.88 Å². The highest BCUT2D eigenvalue weighted by molar-refractivity contribution is 6.02. The van der Waals surface area contributed by atoms with Crippen molar-refractivity contribution in [2.75, 3.05) is 18.0 Å². The zero-order valence-corrected chi connectivity index (χ0v) is 15.4. The number of fused-ring (bicyclic) bond motifs is 1. The maximum Gasteiger partial charge on any atom is 0.217 e. The number of aromatic hydroxyl groups is 1. The maximum atomic E-state index is 13.5. The van der Waals surface area contributed by atoms with Crippen LogP contribution >= 0.6 is 0 Å². The fourth-order valence-corrected chi connectivity index (χ4v) is 3.59. The van der Waals surface area contributed by atoms with Crippen LogP contribution < -0.4 is 10.2 Å². The van der Waals surface area contributed by atoms with Crippen molar-refractivity contribution in [3.05, 3.63) is 53.8 Å². The molecular weight excluding hydrogens is 359 g/mol. The molecule has 1 saturated heterocycles. The lowest BCUT2D eigenvalue weighted by atomic mass is 10.2. The number of hydrogen-bond donors (Lipinski definition) is 3. The van der Waals surface area contributed by atoms with Crippen LogP contribution in [0.25, 0.3) is 10.9 Å². The first-order chi connectivity index (χ1) is 13.5. The minimum atomic E-state index is -0.367. The van der Waals surface area contributed by atoms with Crippen LogP contribution in [-0.4, -0.2) is 41.3 Å². The molecule has 1 amide bonds. The number of nitrogens with one attached hydrogen (secondary N) is 2. The molecule has 1 aromatic heterocycles. The van der Waals surface area contributed by atoms with E-state index in [0.717, 1.165) is 30.9 Å². The van der Waals surface area contributed by atoms with Crippen LogP contribution in [0, 0.1) is 5.82 Å². The van der Waals surface area contributed by atoms with Crippen LogP contribution in [0.2, 0.25) is 0 Å². The van der Waals surface area contributed by atoms with Gasteiger partial charge in [-0.1, -0.05) is 0 Å². The van der Waals surface area contributed by atoms with Crippen LogP contribution in [0.15, 0.2) is 47.5 Å². The van der Waals surface area contributed by atoms with Gasteiger partial charge in [0.2, 0.25) is 5.91 Å². The van der Waals surface area contributed by atoms with Gasteiger partial charge in [-0.05, 0) is 48.9 Å². The molecule has 28 heavy (non-hydrogen) atoms. The minimum Gasteiger partial charge on any atom is -0.494 e. The van der Waals surface area contributed by atoms with Crippen molar-refractivity contribution in [1.82, 2.24) is 10.3 Å². The van der Waals surface area contributed by atoms with Crippen LogP contribution in [0.5, 0.6) is 5.88 Å². The minimum absolute atomic E-state index is 0.00282. The van der Waals surface area contributed by atoms with E-state index in [9.17, 15) is 14.3 Å². The second-order valence-corrected chi connectivity index (χ2v) is 6.98. The molecule has 4 rings (SSSR count). The van der Waals surface area contributed by atoms with Gasteiger partial charge in [0.1, 0.15) is 5.82 Å². The van der Waals surface area contributed by atoms with Crippen LogP contribution in [0.1, 0.15) is 18.9 Å². The zero-order valence-electron chi connectivity index (χ0n) is 15.4. The smallest absolute Gasteiger partial charge is 0.217 e. The number of aliphatic imine (C=N–C) groups is 1. The third-order valence-electron chi connectivity index (χ3n) is 4.93. The number of rotatable bonds is 4. The van der Waals surface area contributed by atoms with Crippen molar-refractivity contribution in [1.29, 1.82) is 0 Å². The van der Waals surface area contributed by atoms with E-state index >= 15 is 0 Å². The van der Waals surface area contributed by atoms with Gasteiger partial charge in [-0.2, -0.15) is 0 Å². The summed E-state index contributed by atoms with van der Waals surface area (Å²) in [5, 5.41) is 13.6. The summed E-state index contributed by atoms with van der Waals surface area (Å²) in [5.74, 6) is -0.410. The molecule has 1 aliphatic rings. The van der Waals surface area contributed by atoms with Gasteiger partial charge in [0.25, 0.3) is 0 Å². The Morgan fingerprint density at radius 3 is 2.86 bits per heavy atom. The topological polar surface area (TPSA) is 80.7 Å². The van der Waals surface area contributed by atoms with Crippen molar-refractivity contribution < 1.29 is 14.3 Å². The SMILES string of the molecule is CC(=O)NC1CCN(c2ccc(N=Cc3c(O)[nH]c4ccc(F)cc34)cc2)C1. The Balaban J connectivity index is 1.49. The van der Waals surface area contributed by atoms with E-state index in [1.54, 1.807) is 6.07 Å². The molecule has 6 nitrogen and oxygen atoms in total. The first-order valence-electron chi connectivity index (χ1n) is 9.16. The molecule has 3 aromatic rings. The van der Waals surface area contributed by atoms with E-state index in [1.807, 2.05) is 24.3 Å². The lowest BCUT2D eigenvalue weighted by Crippen LogP contribution is -2.35. The second kappa shape index (κ2) is 7.34. The molecule has 144 valence electrons. The first kappa shape index (κ1) is 18.0. The Labute approximate surface area is 161 Å². The number of benzene rings is 2. The van der Waals surface area contributed by atoms with Gasteiger partial charge < -0.3 is 20.3 Å². The molecular formula is C21H21FN4O2. The number of carbonyl (C=O) groups is 1. The quantitative estimate of drug-likeness (QED) is 0.606. The Bertz CT molecular complexity index is 1040. The highest BCUT2D eigenvalue weighted by Crippen LogP contribution is 2.28. The normalized spacial score (nSPS) is 16.9. The molecule has 0 bridgehead atoms. The largest absolute Gasteiger partial charge is 0.494 e. The summed E-state index contributed by atoms with van der Waals surface area (Å²) < 4.78 is 13.5. The standard InChI is InChI=1S/C21H21FN4O2/c1-13(27)24-16-8-9-26(12-16)17-5-3-15(4-6-17)23-11-19-18-10-14(22)2-7-20(18)25-21(19)28/h2-7,10-11,16,25,28H,8-9,12H2,1H3,(H,24,27). The molecule has 2 heterocycles. The molecule has 0 saturated carbocycles. The summed E-state index contributed by atoms with van der Waals surface area (Å²) in [6.45, 7) is 3.22. The highest BCUT2D eigenvalue weighted by atomic mass is 19.1. The van der Waals surface area contributed by atoms with Gasteiger partial charge >= 0.3 is 0 Å². The summed E-state index contributed by atoms with van der Waals surface area (Å²) in [6.07, 6.45) is 2.46. The maximum absolute atomic E-state index is 13.5. The van der Waals surface area contributed by atoms with E-state index in [0.29, 0.717) is 16.5 Å². The Morgan fingerprint density at radius 1 is 1.32 bits per heavy atom. The molecule has 1 fully saturated rings. The molecule has 7 heteroatoms. The Kier molecular flexibility index (Phi) is 4.73. The first-order valence-corrected chi connectivity index (χ1v) is 9.16. The summed E-state index contributed by atoms with van der Waals surface area (Å²) in [4.78, 5) is 20.6. The molecule has 1 atom stereocenters. The third kappa shape index (κ3) is 3.69. The number of halogens is 1. The fourth-order valence-electron chi connectivity index (χ4n) is 3.59. The van der Waals surface area contributed by atoms with Gasteiger partial charge in [-0.25, -0.2) is 4.39 Å². The average molecular weight is 380 g/mol. The lowest BCUT2D eigenvalue weighted by Gasteiger charge is -2.18. The summed E-state index contributed by atoms with van der Waals surface area (Å²) in [5.41, 5.74) is 2.91. The lowest BCUT2D eigenvalue weighted by molar-refractivity contribution is -0.119. The Hall–Kier alpha value is -3.35. The van der Waals surface area contributed by atoms with Crippen molar-refractivity contribution >= 4 is 34.4 Å². The van der Waals surface area contributed by atoms with Crippen molar-refractivity contribution in [3.63, 3.8) is 0 Å². The van der Waals surface area contributed by atoms with Crippen molar-refractivity contribution in [3.8, 4) is 5.88 Å². The molecule has 1 aliphatic heterocycles. The second-order valence-electron chi connectivity index (χ2n) is 6.98. The molecule has 3 N–H and O–H groups in total. The number of hydrogen-bond acceptors (Lipinski definition) is 4. The number of H-pyrrole nitrogens is 1. The summed E-state index contributed by atoms with van der Waals surface area (Å²) in [6, 6.07) is 12.2. The van der Waals surface area contributed by atoms with Crippen LogP contribution in [-0.2, 0) is 4.79 Å². The van der Waals surface area contributed by atoms with Crippen molar-refractivity contribution in [2.45, 2.75) is 19.4 Å². The average Bonchev–Trinajstić information content (AvgIpc) is 3.24. The van der Waals surface area contributed by atoms with Crippen molar-refractivity contribution in [2.24, 2.45) is 4.99 Å². The van der Waals surface area contributed by atoms with E-state index < -0.39 is 0 Å². The predicted octanol–water partition coefficient (Wildman–Crippen LogP) is 3.48. The fraction of sp³-hybridized carbons (Fsp3) is 0.238. The Morgan fingerprint density at radius 2 is 2.11 bits per heavy atom. The predicted molar refractivity (Wildman–Crippen MR) is 108 cm³/mol. The molecule has 0 aliphatic carbocycles. The molecule has 1 unspecified atom stereocenters. The van der Waals surface area contributed by atoms with E-state index in [2.05, 4.69) is 20.2 Å². The third-order valence-corrected chi connectivity index (χ3v) is 4.93. The van der Waals surface area contributed by atoms with Gasteiger partial charge in [0, 0.05) is 48.9 Å². The number of aromatic nitrogens is 1. The molecule has 0 spiro atoms. The highest BCUT2D eigenvalue weighted by Gasteiger charge is 2.23. The van der Waals surface area contributed by atoms with E-state index in [-0.39, 0.29) is 23.6 Å². The van der Waals surface area contributed by atoms with E-state index in [4.69, 9.17) is 0 Å². The van der Waals surface area contributed by atoms with Gasteiger partial charge in [-0.15, -0.1) is 0 Å².